The number of benzene rings is 1. The molecule has 0 aromatic heterocycles. The molecule has 2 atom stereocenters. The maximum Gasteiger partial charge on any atom is 0.304 e. The topological polar surface area (TPSA) is 77.8 Å². The summed E-state index contributed by atoms with van der Waals surface area (Å²) in [4.78, 5) is 24.4. The predicted molar refractivity (Wildman–Crippen MR) is 107 cm³/mol. The molecule has 1 saturated heterocycles. The number of carboxylic acids is 1. The van der Waals surface area contributed by atoms with Gasteiger partial charge in [0.05, 0.1) is 25.1 Å². The molecule has 1 amide bonds. The number of nitrogens with zero attached hydrogens (tertiary/aromatic N) is 1. The molecule has 0 saturated carbocycles. The van der Waals surface area contributed by atoms with Crippen molar-refractivity contribution in [2.24, 2.45) is 0 Å². The van der Waals surface area contributed by atoms with Crippen LogP contribution in [-0.2, 0) is 16.0 Å². The number of aliphatic carboxylic acids is 1. The van der Waals surface area contributed by atoms with E-state index in [1.165, 1.54) is 11.8 Å². The molecule has 1 fully saturated rings. The van der Waals surface area contributed by atoms with Gasteiger partial charge in [0.15, 0.2) is 0 Å². The molecule has 0 spiro atoms. The van der Waals surface area contributed by atoms with Gasteiger partial charge in [0.2, 0.25) is 5.91 Å². The Bertz CT molecular complexity index is 708. The average Bonchev–Trinajstić information content (AvgIpc) is 2.65. The Balaban J connectivity index is 1.87. The Kier molecular flexibility index (Phi) is 8.96. The predicted octanol–water partition coefficient (Wildman–Crippen LogP) is 2.70. The number of piperidine rings is 1. The highest BCUT2D eigenvalue weighted by Gasteiger charge is 2.25. The first-order valence-electron chi connectivity index (χ1n) is 9.07. The summed E-state index contributed by atoms with van der Waals surface area (Å²) < 4.78 is 0. The lowest BCUT2D eigenvalue weighted by Gasteiger charge is -2.32. The molecule has 2 N–H and O–H groups in total. The van der Waals surface area contributed by atoms with Crippen LogP contribution in [0.2, 0.25) is 0 Å². The smallest absolute Gasteiger partial charge is 0.304 e. The summed E-state index contributed by atoms with van der Waals surface area (Å²) in [6.45, 7) is 0.322. The van der Waals surface area contributed by atoms with Crippen LogP contribution in [0.15, 0.2) is 42.5 Å². The van der Waals surface area contributed by atoms with Crippen LogP contribution >= 0.6 is 11.8 Å². The highest BCUT2D eigenvalue weighted by Crippen LogP contribution is 2.19. The number of aliphatic hydroxyl groups excluding tert-OH is 1. The molecule has 1 aliphatic heterocycles. The fourth-order valence-electron chi connectivity index (χ4n) is 2.89. The van der Waals surface area contributed by atoms with Gasteiger partial charge in [-0.1, -0.05) is 60.2 Å². The minimum absolute atomic E-state index is 0.0602. The van der Waals surface area contributed by atoms with E-state index in [-0.39, 0.29) is 18.4 Å². The summed E-state index contributed by atoms with van der Waals surface area (Å²) in [5.41, 5.74) is 1.07. The number of carbonyl (C=O) groups is 2. The average molecular weight is 388 g/mol. The minimum atomic E-state index is -0.838. The van der Waals surface area contributed by atoms with Crippen molar-refractivity contribution in [2.75, 3.05) is 12.3 Å². The molecule has 1 heterocycles. The first kappa shape index (κ1) is 21.1. The number of rotatable bonds is 8. The number of amides is 1. The third kappa shape index (κ3) is 7.90. The molecular weight excluding hydrogens is 362 g/mol. The lowest BCUT2D eigenvalue weighted by Crippen LogP contribution is -2.42. The van der Waals surface area contributed by atoms with Crippen molar-refractivity contribution in [2.45, 2.75) is 44.2 Å². The lowest BCUT2D eigenvalue weighted by molar-refractivity contribution is -0.136. The van der Waals surface area contributed by atoms with Gasteiger partial charge in [-0.15, -0.1) is 0 Å². The number of thioether (sulfide) groups is 1. The van der Waals surface area contributed by atoms with Crippen LogP contribution in [0.25, 0.3) is 0 Å². The van der Waals surface area contributed by atoms with E-state index in [1.54, 1.807) is 11.0 Å². The van der Waals surface area contributed by atoms with Crippen molar-refractivity contribution < 1.29 is 19.8 Å². The Morgan fingerprint density at radius 3 is 2.89 bits per heavy atom. The summed E-state index contributed by atoms with van der Waals surface area (Å²) in [5, 5.41) is 21.7. The second kappa shape index (κ2) is 11.5. The third-order valence-electron chi connectivity index (χ3n) is 4.27. The van der Waals surface area contributed by atoms with Crippen LogP contribution in [0.5, 0.6) is 0 Å². The van der Waals surface area contributed by atoms with Gasteiger partial charge in [0.1, 0.15) is 0 Å². The van der Waals surface area contributed by atoms with Crippen LogP contribution in [0.4, 0.5) is 0 Å². The molecule has 27 heavy (non-hydrogen) atoms. The fraction of sp³-hybridized carbons (Fsp3) is 0.429. The van der Waals surface area contributed by atoms with Crippen LogP contribution in [0, 0.1) is 11.2 Å². The quantitative estimate of drug-likeness (QED) is 0.407. The van der Waals surface area contributed by atoms with Gasteiger partial charge in [-0.3, -0.25) is 9.59 Å². The molecule has 0 bridgehead atoms. The summed E-state index contributed by atoms with van der Waals surface area (Å²) in [5.74, 6) is 2.61. The van der Waals surface area contributed by atoms with E-state index in [9.17, 15) is 14.7 Å². The molecule has 5 nitrogen and oxygen atoms in total. The van der Waals surface area contributed by atoms with E-state index in [4.69, 9.17) is 5.11 Å². The standard InChI is InChI=1S/C21H25NO4S/c23-19(16-17-6-2-1-3-7-17)11-10-18-8-4-9-20(24)22(18)13-5-14-27-15-12-21(25)26/h1-3,6-7,10-11,18-19,23H,4,8-9,12-13,15-16H2,(H,25,26)/b11-10+/t18-,19?/m1/s1. The zero-order chi connectivity index (χ0) is 19.5. The van der Waals surface area contributed by atoms with Crippen molar-refractivity contribution in [3.63, 3.8) is 0 Å². The van der Waals surface area contributed by atoms with Gasteiger partial charge in [-0.05, 0) is 23.7 Å². The van der Waals surface area contributed by atoms with E-state index in [2.05, 4.69) is 11.2 Å². The molecule has 1 aromatic carbocycles. The Morgan fingerprint density at radius 1 is 1.37 bits per heavy atom. The Hall–Kier alpha value is -2.23. The van der Waals surface area contributed by atoms with Crippen LogP contribution in [0.1, 0.15) is 31.2 Å². The largest absolute Gasteiger partial charge is 0.481 e. The van der Waals surface area contributed by atoms with Gasteiger partial charge >= 0.3 is 5.97 Å². The molecule has 0 radical (unpaired) electrons. The number of carboxylic acid groups (broad SMARTS) is 1. The summed E-state index contributed by atoms with van der Waals surface area (Å²) in [6, 6.07) is 9.73. The number of aliphatic hydroxyl groups is 1. The molecule has 0 aliphatic carbocycles. The molecule has 2 rings (SSSR count). The monoisotopic (exact) mass is 387 g/mol. The molecule has 6 heteroatoms. The van der Waals surface area contributed by atoms with Crippen molar-refractivity contribution in [1.29, 1.82) is 0 Å². The number of likely N-dealkylation sites (tertiary alicyclic amines) is 1. The molecule has 144 valence electrons. The molecule has 1 aliphatic rings. The maximum atomic E-state index is 12.2. The van der Waals surface area contributed by atoms with Crippen molar-refractivity contribution in [3.8, 4) is 11.2 Å². The first-order valence-corrected chi connectivity index (χ1v) is 10.1. The van der Waals surface area contributed by atoms with Gasteiger partial charge in [0, 0.05) is 18.6 Å². The second-order valence-electron chi connectivity index (χ2n) is 6.39. The van der Waals surface area contributed by atoms with Crippen molar-refractivity contribution in [1.82, 2.24) is 4.90 Å². The van der Waals surface area contributed by atoms with E-state index in [0.717, 1.165) is 18.4 Å². The van der Waals surface area contributed by atoms with Crippen LogP contribution in [-0.4, -0.2) is 51.4 Å². The highest BCUT2D eigenvalue weighted by molar-refractivity contribution is 8.03. The number of hydrogen-bond acceptors (Lipinski definition) is 4. The Labute approximate surface area is 164 Å². The third-order valence-corrected chi connectivity index (χ3v) is 4.96. The van der Waals surface area contributed by atoms with E-state index >= 15 is 0 Å². The summed E-state index contributed by atoms with van der Waals surface area (Å²) >= 11 is 1.25. The normalized spacial score (nSPS) is 18.2. The zero-order valence-electron chi connectivity index (χ0n) is 15.2. The SMILES string of the molecule is O=C(O)CCSC#CCN1C(=O)CCC[C@@H]1/C=C/C(O)Cc1ccccc1. The van der Waals surface area contributed by atoms with Gasteiger partial charge in [-0.2, -0.15) is 0 Å². The van der Waals surface area contributed by atoms with Gasteiger partial charge < -0.3 is 15.1 Å². The van der Waals surface area contributed by atoms with Gasteiger partial charge in [-0.25, -0.2) is 0 Å². The number of hydrogen-bond donors (Lipinski definition) is 2. The molecule has 1 aromatic rings. The first-order chi connectivity index (χ1) is 13.1. The highest BCUT2D eigenvalue weighted by atomic mass is 32.2. The van der Waals surface area contributed by atoms with E-state index < -0.39 is 12.1 Å². The van der Waals surface area contributed by atoms with Crippen LogP contribution < -0.4 is 0 Å². The minimum Gasteiger partial charge on any atom is -0.481 e. The van der Waals surface area contributed by atoms with E-state index in [1.807, 2.05) is 36.4 Å². The lowest BCUT2D eigenvalue weighted by atomic mass is 9.99. The molecule has 1 unspecified atom stereocenters. The maximum absolute atomic E-state index is 12.2. The zero-order valence-corrected chi connectivity index (χ0v) is 16.0. The summed E-state index contributed by atoms with van der Waals surface area (Å²) in [6.07, 6.45) is 5.90. The fourth-order valence-corrected chi connectivity index (χ4v) is 3.44. The molecular formula is C21H25NO4S. The summed E-state index contributed by atoms with van der Waals surface area (Å²) in [7, 11) is 0. The Morgan fingerprint density at radius 2 is 2.15 bits per heavy atom. The van der Waals surface area contributed by atoms with Crippen molar-refractivity contribution in [3.05, 3.63) is 48.0 Å². The second-order valence-corrected chi connectivity index (χ2v) is 7.30. The van der Waals surface area contributed by atoms with Crippen molar-refractivity contribution >= 4 is 23.6 Å². The van der Waals surface area contributed by atoms with Gasteiger partial charge in [0.25, 0.3) is 0 Å². The number of carbonyl (C=O) groups excluding carboxylic acids is 1. The van der Waals surface area contributed by atoms with Crippen LogP contribution in [0.3, 0.4) is 0 Å². The van der Waals surface area contributed by atoms with E-state index in [0.29, 0.717) is 25.1 Å².